The predicted molar refractivity (Wildman–Crippen MR) is 115 cm³/mol. The number of esters is 2. The van der Waals surface area contributed by atoms with Gasteiger partial charge in [0.05, 0.1) is 5.56 Å². The quantitative estimate of drug-likeness (QED) is 0.496. The molecule has 0 aromatic heterocycles. The molecule has 0 N–H and O–H groups in total. The largest absolute Gasteiger partial charge is 0.449 e. The second-order valence-electron chi connectivity index (χ2n) is 7.68. The Morgan fingerprint density at radius 1 is 0.767 bits per heavy atom. The molecular weight excluding hydrogens is 382 g/mol. The van der Waals surface area contributed by atoms with Gasteiger partial charge in [-0.1, -0.05) is 24.3 Å². The minimum absolute atomic E-state index is 0.0187. The summed E-state index contributed by atoms with van der Waals surface area (Å²) in [5, 5.41) is 0. The molecule has 160 valence electrons. The van der Waals surface area contributed by atoms with Crippen molar-refractivity contribution in [1.82, 2.24) is 4.90 Å². The van der Waals surface area contributed by atoms with Crippen LogP contribution in [-0.4, -0.2) is 40.9 Å². The van der Waals surface area contributed by atoms with Gasteiger partial charge in [0.2, 0.25) is 0 Å². The van der Waals surface area contributed by atoms with Gasteiger partial charge in [-0.25, -0.2) is 4.79 Å². The van der Waals surface area contributed by atoms with E-state index in [0.717, 1.165) is 11.1 Å². The lowest BCUT2D eigenvalue weighted by atomic mass is 10.0. The number of carbonyl (C=O) groups is 3. The van der Waals surface area contributed by atoms with Crippen LogP contribution in [0.25, 0.3) is 11.1 Å². The molecule has 1 amide bonds. The van der Waals surface area contributed by atoms with Gasteiger partial charge in [0.25, 0.3) is 5.91 Å². The maximum Gasteiger partial charge on any atom is 0.338 e. The van der Waals surface area contributed by atoms with E-state index in [1.54, 1.807) is 48.2 Å². The maximum atomic E-state index is 12.6. The Labute approximate surface area is 177 Å². The number of ether oxygens (including phenoxy) is 2. The summed E-state index contributed by atoms with van der Waals surface area (Å²) in [7, 11) is 0. The van der Waals surface area contributed by atoms with Gasteiger partial charge in [-0.05, 0) is 70.0 Å². The molecule has 30 heavy (non-hydrogen) atoms. The Kier molecular flexibility index (Phi) is 7.75. The third kappa shape index (κ3) is 5.92. The zero-order valence-electron chi connectivity index (χ0n) is 18.3. The van der Waals surface area contributed by atoms with Crippen molar-refractivity contribution in [2.24, 2.45) is 0 Å². The first-order chi connectivity index (χ1) is 14.1. The molecule has 0 unspecified atom stereocenters. The van der Waals surface area contributed by atoms with Gasteiger partial charge in [-0.15, -0.1) is 0 Å². The van der Waals surface area contributed by atoms with Crippen LogP contribution in [0.15, 0.2) is 48.5 Å². The average molecular weight is 411 g/mol. The minimum atomic E-state index is -0.865. The lowest BCUT2D eigenvalue weighted by molar-refractivity contribution is -0.143. The monoisotopic (exact) mass is 411 g/mol. The van der Waals surface area contributed by atoms with Gasteiger partial charge in [0.1, 0.15) is 5.75 Å². The lowest BCUT2D eigenvalue weighted by Gasteiger charge is -2.32. The molecule has 0 fully saturated rings. The number of benzene rings is 2. The van der Waals surface area contributed by atoms with Crippen molar-refractivity contribution < 1.29 is 23.9 Å². The molecule has 2 rings (SSSR count). The third-order valence-corrected chi connectivity index (χ3v) is 4.57. The fourth-order valence-corrected chi connectivity index (χ4v) is 3.27. The summed E-state index contributed by atoms with van der Waals surface area (Å²) in [6.07, 6.45) is -0.865. The summed E-state index contributed by atoms with van der Waals surface area (Å²) >= 11 is 0. The minimum Gasteiger partial charge on any atom is -0.449 e. The molecule has 0 saturated heterocycles. The molecule has 0 aliphatic rings. The molecule has 6 nitrogen and oxygen atoms in total. The Morgan fingerprint density at radius 3 is 1.67 bits per heavy atom. The lowest BCUT2D eigenvalue weighted by Crippen LogP contribution is -2.47. The van der Waals surface area contributed by atoms with Gasteiger partial charge in [0.15, 0.2) is 6.10 Å². The van der Waals surface area contributed by atoms with E-state index in [2.05, 4.69) is 0 Å². The van der Waals surface area contributed by atoms with E-state index in [4.69, 9.17) is 9.47 Å². The van der Waals surface area contributed by atoms with E-state index in [1.165, 1.54) is 6.92 Å². The van der Waals surface area contributed by atoms with Crippen LogP contribution in [0.2, 0.25) is 0 Å². The molecule has 2 aromatic rings. The zero-order valence-corrected chi connectivity index (χ0v) is 18.3. The molecule has 0 aliphatic heterocycles. The van der Waals surface area contributed by atoms with E-state index in [9.17, 15) is 14.4 Å². The number of hydrogen-bond donors (Lipinski definition) is 0. The van der Waals surface area contributed by atoms with Gasteiger partial charge in [-0.2, -0.15) is 0 Å². The summed E-state index contributed by atoms with van der Waals surface area (Å²) in [6.45, 7) is 10.7. The first-order valence-corrected chi connectivity index (χ1v) is 10.0. The van der Waals surface area contributed by atoms with Crippen molar-refractivity contribution in [2.75, 3.05) is 0 Å². The highest BCUT2D eigenvalue weighted by atomic mass is 16.5. The van der Waals surface area contributed by atoms with Crippen molar-refractivity contribution in [3.05, 3.63) is 54.1 Å². The first-order valence-electron chi connectivity index (χ1n) is 10.0. The highest BCUT2D eigenvalue weighted by Gasteiger charge is 2.27. The van der Waals surface area contributed by atoms with Crippen LogP contribution in [0.1, 0.15) is 51.9 Å². The van der Waals surface area contributed by atoms with Gasteiger partial charge >= 0.3 is 11.9 Å². The number of carbonyl (C=O) groups excluding carboxylic acids is 3. The van der Waals surface area contributed by atoms with Crippen LogP contribution in [-0.2, 0) is 14.3 Å². The van der Waals surface area contributed by atoms with Crippen molar-refractivity contribution in [3.63, 3.8) is 0 Å². The number of hydrogen-bond acceptors (Lipinski definition) is 5. The Hall–Kier alpha value is -3.15. The Morgan fingerprint density at radius 2 is 1.23 bits per heavy atom. The van der Waals surface area contributed by atoms with Crippen LogP contribution in [0.5, 0.6) is 5.75 Å². The van der Waals surface area contributed by atoms with E-state index >= 15 is 0 Å². The average Bonchev–Trinajstić information content (AvgIpc) is 2.67. The normalized spacial score (nSPS) is 11.9. The van der Waals surface area contributed by atoms with Crippen LogP contribution in [0.3, 0.4) is 0 Å². The third-order valence-electron chi connectivity index (χ3n) is 4.57. The molecule has 1 atom stereocenters. The van der Waals surface area contributed by atoms with Crippen LogP contribution >= 0.6 is 0 Å². The molecule has 0 radical (unpaired) electrons. The molecule has 0 spiro atoms. The SMILES string of the molecule is CC(=O)Oc1ccc(-c2ccc(C(=O)O[C@H](C)C(=O)N(C(C)C)C(C)C)cc2)cc1. The molecule has 0 heterocycles. The van der Waals surface area contributed by atoms with Crippen molar-refractivity contribution in [1.29, 1.82) is 0 Å². The zero-order chi connectivity index (χ0) is 22.4. The summed E-state index contributed by atoms with van der Waals surface area (Å²) in [4.78, 5) is 37.8. The van der Waals surface area contributed by atoms with Crippen molar-refractivity contribution >= 4 is 17.8 Å². The second-order valence-corrected chi connectivity index (χ2v) is 7.68. The summed E-state index contributed by atoms with van der Waals surface area (Å²) in [5.41, 5.74) is 2.19. The van der Waals surface area contributed by atoms with Crippen molar-refractivity contribution in [3.8, 4) is 16.9 Å². The number of amides is 1. The van der Waals surface area contributed by atoms with Crippen LogP contribution < -0.4 is 4.74 Å². The van der Waals surface area contributed by atoms with Gasteiger partial charge in [0, 0.05) is 19.0 Å². The Bertz CT molecular complexity index is 877. The van der Waals surface area contributed by atoms with Crippen LogP contribution in [0, 0.1) is 0 Å². The van der Waals surface area contributed by atoms with Crippen molar-refractivity contribution in [2.45, 2.75) is 59.7 Å². The molecular formula is C24H29NO5. The predicted octanol–water partition coefficient (Wildman–Crippen LogP) is 4.47. The summed E-state index contributed by atoms with van der Waals surface area (Å²) in [6, 6.07) is 14.1. The molecule has 0 saturated carbocycles. The highest BCUT2D eigenvalue weighted by molar-refractivity contribution is 5.92. The van der Waals surface area contributed by atoms with E-state index in [0.29, 0.717) is 11.3 Å². The first kappa shape index (κ1) is 23.1. The Balaban J connectivity index is 2.06. The molecule has 0 aliphatic carbocycles. The molecule has 2 aromatic carbocycles. The van der Waals surface area contributed by atoms with E-state index in [1.807, 2.05) is 39.8 Å². The van der Waals surface area contributed by atoms with Crippen LogP contribution in [0.4, 0.5) is 0 Å². The molecule has 6 heteroatoms. The van der Waals surface area contributed by atoms with Gasteiger partial charge < -0.3 is 14.4 Å². The second kappa shape index (κ2) is 10.1. The number of rotatable bonds is 7. The fourth-order valence-electron chi connectivity index (χ4n) is 3.27. The topological polar surface area (TPSA) is 72.9 Å². The maximum absolute atomic E-state index is 12.6. The smallest absolute Gasteiger partial charge is 0.338 e. The van der Waals surface area contributed by atoms with E-state index < -0.39 is 12.1 Å². The van der Waals surface area contributed by atoms with E-state index in [-0.39, 0.29) is 24.0 Å². The standard InChI is InChI=1S/C24H29NO5/c1-15(2)25(16(3)4)23(27)17(5)29-24(28)21-9-7-19(8-10-21)20-11-13-22(14-12-20)30-18(6)26/h7-17H,1-6H3/t17-/m1/s1. The highest BCUT2D eigenvalue weighted by Crippen LogP contribution is 2.23. The fraction of sp³-hybridized carbons (Fsp3) is 0.375. The number of nitrogens with zero attached hydrogens (tertiary/aromatic N) is 1. The molecule has 0 bridgehead atoms. The summed E-state index contributed by atoms with van der Waals surface area (Å²) in [5.74, 6) is -0.650. The van der Waals surface area contributed by atoms with Gasteiger partial charge in [-0.3, -0.25) is 9.59 Å². The summed E-state index contributed by atoms with van der Waals surface area (Å²) < 4.78 is 10.4.